The van der Waals surface area contributed by atoms with Gasteiger partial charge in [0.25, 0.3) is 6.02 Å². The third-order valence-electron chi connectivity index (χ3n) is 2.95. The quantitative estimate of drug-likeness (QED) is 0.563. The minimum Gasteiger partial charge on any atom is -0.457 e. The Morgan fingerprint density at radius 3 is 3.00 bits per heavy atom. The molecule has 0 aromatic carbocycles. The lowest BCUT2D eigenvalue weighted by atomic mass is 9.93. The van der Waals surface area contributed by atoms with Gasteiger partial charge in [0, 0.05) is 0 Å². The molecule has 2 atom stereocenters. The predicted molar refractivity (Wildman–Crippen MR) is 43.3 cm³/mol. The zero-order valence-corrected chi connectivity index (χ0v) is 6.84. The molecule has 2 unspecified atom stereocenters. The lowest BCUT2D eigenvalue weighted by molar-refractivity contribution is 0.0525. The van der Waals surface area contributed by atoms with E-state index in [1.54, 1.807) is 0 Å². The molecule has 0 radical (unpaired) electrons. The molecule has 1 heterocycles. The van der Waals surface area contributed by atoms with Crippen LogP contribution in [-0.2, 0) is 4.74 Å². The summed E-state index contributed by atoms with van der Waals surface area (Å²) in [5, 5.41) is 0. The van der Waals surface area contributed by atoms with Crippen molar-refractivity contribution in [2.75, 3.05) is 6.54 Å². The van der Waals surface area contributed by atoms with E-state index in [0.29, 0.717) is 11.9 Å². The highest BCUT2D eigenvalue weighted by molar-refractivity contribution is 5.73. The molecular formula is C8H14N2O. The summed E-state index contributed by atoms with van der Waals surface area (Å²) < 4.78 is 5.55. The minimum absolute atomic E-state index is 0.00984. The molecular weight excluding hydrogens is 140 g/mol. The number of nitrogens with zero attached hydrogens (tertiary/aromatic N) is 1. The summed E-state index contributed by atoms with van der Waals surface area (Å²) in [6, 6.07) is 0.388. The fourth-order valence-corrected chi connectivity index (χ4v) is 2.09. The van der Waals surface area contributed by atoms with Gasteiger partial charge in [0.2, 0.25) is 0 Å². The first kappa shape index (κ1) is 6.95. The van der Waals surface area contributed by atoms with Crippen LogP contribution in [0.25, 0.3) is 0 Å². The number of nitrogens with two attached hydrogens (primary N) is 1. The summed E-state index contributed by atoms with van der Waals surface area (Å²) in [6.45, 7) is 3.00. The maximum absolute atomic E-state index is 5.55. The maximum atomic E-state index is 5.55. The highest BCUT2D eigenvalue weighted by Crippen LogP contribution is 2.40. The molecule has 2 aliphatic rings. The van der Waals surface area contributed by atoms with Gasteiger partial charge in [-0.15, -0.1) is 0 Å². The summed E-state index contributed by atoms with van der Waals surface area (Å²) in [7, 11) is 0. The van der Waals surface area contributed by atoms with Crippen LogP contribution >= 0.6 is 0 Å². The number of amidine groups is 1. The SMILES string of the molecule is CC1CCCC12CN=C(N)O2. The molecule has 1 fully saturated rings. The normalized spacial score (nSPS) is 42.6. The molecule has 0 saturated heterocycles. The van der Waals surface area contributed by atoms with Crippen LogP contribution < -0.4 is 5.73 Å². The van der Waals surface area contributed by atoms with Crippen LogP contribution in [0.1, 0.15) is 26.2 Å². The molecule has 62 valence electrons. The van der Waals surface area contributed by atoms with Crippen LogP contribution in [0.2, 0.25) is 0 Å². The van der Waals surface area contributed by atoms with E-state index in [4.69, 9.17) is 10.5 Å². The van der Waals surface area contributed by atoms with Crippen molar-refractivity contribution in [3.8, 4) is 0 Å². The van der Waals surface area contributed by atoms with Gasteiger partial charge in [0.15, 0.2) is 0 Å². The summed E-state index contributed by atoms with van der Waals surface area (Å²) in [4.78, 5) is 4.09. The van der Waals surface area contributed by atoms with Crippen molar-refractivity contribution in [1.82, 2.24) is 0 Å². The smallest absolute Gasteiger partial charge is 0.282 e. The molecule has 1 saturated carbocycles. The molecule has 1 aliphatic heterocycles. The zero-order valence-electron chi connectivity index (χ0n) is 6.84. The van der Waals surface area contributed by atoms with Crippen LogP contribution in [0.15, 0.2) is 4.99 Å². The van der Waals surface area contributed by atoms with Gasteiger partial charge in [0.05, 0.1) is 6.54 Å². The second-order valence-electron chi connectivity index (χ2n) is 3.61. The van der Waals surface area contributed by atoms with Gasteiger partial charge in [-0.3, -0.25) is 0 Å². The lowest BCUT2D eigenvalue weighted by Gasteiger charge is -2.26. The largest absolute Gasteiger partial charge is 0.457 e. The first-order valence-corrected chi connectivity index (χ1v) is 4.22. The number of aliphatic imine (C=N–C) groups is 1. The molecule has 0 amide bonds. The van der Waals surface area contributed by atoms with E-state index in [2.05, 4.69) is 11.9 Å². The van der Waals surface area contributed by atoms with E-state index >= 15 is 0 Å². The summed E-state index contributed by atoms with van der Waals surface area (Å²) in [6.07, 6.45) is 3.63. The predicted octanol–water partition coefficient (Wildman–Crippen LogP) is 0.890. The second-order valence-corrected chi connectivity index (χ2v) is 3.61. The van der Waals surface area contributed by atoms with Gasteiger partial charge in [0.1, 0.15) is 5.60 Å². The summed E-state index contributed by atoms with van der Waals surface area (Å²) in [5.74, 6) is 0.618. The van der Waals surface area contributed by atoms with Gasteiger partial charge in [-0.05, 0) is 25.2 Å². The standard InChI is InChI=1S/C8H14N2O/c1-6-3-2-4-8(6)5-10-7(9)11-8/h6H,2-5H2,1H3,(H2,9,10). The molecule has 2 rings (SSSR count). The van der Waals surface area contributed by atoms with Gasteiger partial charge in [-0.1, -0.05) is 6.92 Å². The van der Waals surface area contributed by atoms with Crippen molar-refractivity contribution in [2.45, 2.75) is 31.8 Å². The van der Waals surface area contributed by atoms with Gasteiger partial charge in [-0.2, -0.15) is 0 Å². The molecule has 3 heteroatoms. The van der Waals surface area contributed by atoms with E-state index in [9.17, 15) is 0 Å². The van der Waals surface area contributed by atoms with Crippen molar-refractivity contribution in [1.29, 1.82) is 0 Å². The first-order chi connectivity index (χ1) is 5.23. The average molecular weight is 154 g/mol. The Morgan fingerprint density at radius 2 is 2.55 bits per heavy atom. The lowest BCUT2D eigenvalue weighted by Crippen LogP contribution is -2.37. The highest BCUT2D eigenvalue weighted by Gasteiger charge is 2.45. The Labute approximate surface area is 66.6 Å². The second kappa shape index (κ2) is 2.13. The van der Waals surface area contributed by atoms with Gasteiger partial charge in [-0.25, -0.2) is 4.99 Å². The Balaban J connectivity index is 2.13. The zero-order chi connectivity index (χ0) is 7.90. The van der Waals surface area contributed by atoms with Crippen molar-refractivity contribution in [3.63, 3.8) is 0 Å². The van der Waals surface area contributed by atoms with E-state index in [1.807, 2.05) is 0 Å². The Bertz CT molecular complexity index is 202. The van der Waals surface area contributed by atoms with Crippen LogP contribution in [-0.4, -0.2) is 18.2 Å². The van der Waals surface area contributed by atoms with Gasteiger partial charge >= 0.3 is 0 Å². The van der Waals surface area contributed by atoms with Crippen LogP contribution in [0, 0.1) is 5.92 Å². The monoisotopic (exact) mass is 154 g/mol. The Kier molecular flexibility index (Phi) is 1.34. The molecule has 2 N–H and O–H groups in total. The fraction of sp³-hybridized carbons (Fsp3) is 0.875. The number of hydrogen-bond acceptors (Lipinski definition) is 3. The van der Waals surface area contributed by atoms with E-state index in [1.165, 1.54) is 12.8 Å². The molecule has 1 aliphatic carbocycles. The number of ether oxygens (including phenoxy) is 1. The van der Waals surface area contributed by atoms with Gasteiger partial charge < -0.3 is 10.5 Å². The van der Waals surface area contributed by atoms with E-state index in [-0.39, 0.29) is 5.60 Å². The number of rotatable bonds is 0. The average Bonchev–Trinajstić information content (AvgIpc) is 2.46. The maximum Gasteiger partial charge on any atom is 0.282 e. The number of hydrogen-bond donors (Lipinski definition) is 1. The Hall–Kier alpha value is -0.730. The third-order valence-corrected chi connectivity index (χ3v) is 2.95. The van der Waals surface area contributed by atoms with Crippen molar-refractivity contribution >= 4 is 6.02 Å². The molecule has 0 aromatic rings. The van der Waals surface area contributed by atoms with Crippen LogP contribution in [0.5, 0.6) is 0 Å². The molecule has 1 spiro atoms. The van der Waals surface area contributed by atoms with Crippen molar-refractivity contribution in [3.05, 3.63) is 0 Å². The third kappa shape index (κ3) is 0.905. The summed E-state index contributed by atoms with van der Waals surface area (Å²) in [5.41, 5.74) is 5.47. The minimum atomic E-state index is -0.00984. The molecule has 0 aromatic heterocycles. The highest BCUT2D eigenvalue weighted by atomic mass is 16.5. The van der Waals surface area contributed by atoms with E-state index < -0.39 is 0 Å². The Morgan fingerprint density at radius 1 is 1.73 bits per heavy atom. The summed E-state index contributed by atoms with van der Waals surface area (Å²) >= 11 is 0. The van der Waals surface area contributed by atoms with Crippen LogP contribution in [0.4, 0.5) is 0 Å². The van der Waals surface area contributed by atoms with E-state index in [0.717, 1.165) is 13.0 Å². The topological polar surface area (TPSA) is 47.6 Å². The first-order valence-electron chi connectivity index (χ1n) is 4.22. The molecule has 0 bridgehead atoms. The fourth-order valence-electron chi connectivity index (χ4n) is 2.09. The molecule has 3 nitrogen and oxygen atoms in total. The molecule has 11 heavy (non-hydrogen) atoms. The van der Waals surface area contributed by atoms with Crippen molar-refractivity contribution in [2.24, 2.45) is 16.6 Å². The van der Waals surface area contributed by atoms with Crippen molar-refractivity contribution < 1.29 is 4.74 Å². The van der Waals surface area contributed by atoms with Crippen LogP contribution in [0.3, 0.4) is 0 Å².